The Labute approximate surface area is 149 Å². The van der Waals surface area contributed by atoms with Crippen LogP contribution in [-0.2, 0) is 23.7 Å². The molecule has 0 radical (unpaired) electrons. The van der Waals surface area contributed by atoms with Gasteiger partial charge in [0.15, 0.2) is 17.8 Å². The molecule has 3 heterocycles. The minimum atomic E-state index is -0.847. The third-order valence-electron chi connectivity index (χ3n) is 4.64. The van der Waals surface area contributed by atoms with E-state index < -0.39 is 36.0 Å². The molecule has 1 aromatic rings. The van der Waals surface area contributed by atoms with E-state index in [9.17, 15) is 9.59 Å². The Morgan fingerprint density at radius 1 is 1.42 bits per heavy atom. The summed E-state index contributed by atoms with van der Waals surface area (Å²) >= 11 is 0. The van der Waals surface area contributed by atoms with Crippen molar-refractivity contribution < 1.29 is 28.9 Å². The Balaban J connectivity index is 1.55. The number of carbonyl (C=O) groups is 1. The van der Waals surface area contributed by atoms with Crippen LogP contribution < -0.4 is 11.2 Å². The quantitative estimate of drug-likeness (QED) is 0.563. The lowest BCUT2D eigenvalue weighted by Crippen LogP contribution is -2.34. The maximum atomic E-state index is 12.2. The molecule has 10 nitrogen and oxygen atoms in total. The van der Waals surface area contributed by atoms with Gasteiger partial charge in [-0.05, 0) is 32.8 Å². The van der Waals surface area contributed by atoms with Gasteiger partial charge >= 0.3 is 11.7 Å². The maximum absolute atomic E-state index is 12.2. The van der Waals surface area contributed by atoms with Gasteiger partial charge in [0.2, 0.25) is 0 Å². The average Bonchev–Trinajstić information content (AvgIpc) is 3.33. The zero-order valence-corrected chi connectivity index (χ0v) is 14.5. The van der Waals surface area contributed by atoms with Crippen molar-refractivity contribution in [3.8, 4) is 0 Å². The number of esters is 1. The Kier molecular flexibility index (Phi) is 4.22. The van der Waals surface area contributed by atoms with Crippen LogP contribution in [0.5, 0.6) is 0 Å². The first-order valence-corrected chi connectivity index (χ1v) is 8.55. The van der Waals surface area contributed by atoms with Crippen LogP contribution in [0.1, 0.15) is 32.9 Å². The van der Waals surface area contributed by atoms with E-state index in [4.69, 9.17) is 24.2 Å². The molecule has 1 saturated carbocycles. The fourth-order valence-electron chi connectivity index (χ4n) is 3.29. The molecule has 0 bridgehead atoms. The lowest BCUT2D eigenvalue weighted by Gasteiger charge is -2.24. The van der Waals surface area contributed by atoms with Crippen molar-refractivity contribution >= 4 is 11.8 Å². The number of rotatable bonds is 5. The van der Waals surface area contributed by atoms with Gasteiger partial charge in [-0.25, -0.2) is 4.79 Å². The monoisotopic (exact) mass is 367 g/mol. The highest BCUT2D eigenvalue weighted by Gasteiger charge is 2.56. The lowest BCUT2D eigenvalue weighted by atomic mass is 10.1. The molecular formula is C16H21N3O7. The van der Waals surface area contributed by atoms with Crippen LogP contribution in [0.25, 0.3) is 0 Å². The zero-order chi connectivity index (χ0) is 18.5. The number of nitrogens with one attached hydrogen (secondary N) is 1. The molecule has 3 aliphatic rings. The molecule has 4 atom stereocenters. The van der Waals surface area contributed by atoms with Gasteiger partial charge in [0.05, 0.1) is 5.92 Å². The van der Waals surface area contributed by atoms with E-state index in [1.807, 2.05) is 5.48 Å². The van der Waals surface area contributed by atoms with Gasteiger partial charge in [-0.3, -0.25) is 20.0 Å². The number of aromatic nitrogens is 2. The third-order valence-corrected chi connectivity index (χ3v) is 4.64. The molecule has 3 fully saturated rings. The van der Waals surface area contributed by atoms with Gasteiger partial charge < -0.3 is 18.9 Å². The molecule has 0 spiro atoms. The standard InChI is InChI=1S/C16H21N3O7/c1-16(2)25-11-9(7-23-14(20)8-3-4-8)24-13(12(11)26-16)19-6-5-10(18-22)17-15(19)21/h5-6,8-9,11-13,22H,3-4,7H2,1-2H3,(H,17,18,21)/t9-,11-,12-,13-/m1/s1. The van der Waals surface area contributed by atoms with E-state index in [0.717, 1.165) is 12.8 Å². The van der Waals surface area contributed by atoms with Crippen molar-refractivity contribution in [2.75, 3.05) is 12.1 Å². The molecule has 2 saturated heterocycles. The van der Waals surface area contributed by atoms with Crippen LogP contribution in [0.3, 0.4) is 0 Å². The first kappa shape index (κ1) is 17.4. The fourth-order valence-corrected chi connectivity index (χ4v) is 3.29. The Morgan fingerprint density at radius 3 is 2.81 bits per heavy atom. The molecule has 2 N–H and O–H groups in total. The van der Waals surface area contributed by atoms with Gasteiger partial charge in [-0.15, -0.1) is 0 Å². The molecule has 1 aliphatic carbocycles. The molecule has 10 heteroatoms. The summed E-state index contributed by atoms with van der Waals surface area (Å²) in [5.41, 5.74) is 1.21. The largest absolute Gasteiger partial charge is 0.463 e. The molecule has 1 aromatic heterocycles. The van der Waals surface area contributed by atoms with Crippen LogP contribution >= 0.6 is 0 Å². The number of nitrogens with zero attached hydrogens (tertiary/aromatic N) is 2. The van der Waals surface area contributed by atoms with E-state index in [-0.39, 0.29) is 24.3 Å². The van der Waals surface area contributed by atoms with Crippen molar-refractivity contribution in [3.63, 3.8) is 0 Å². The second-order valence-corrected chi connectivity index (χ2v) is 7.15. The number of hydrogen-bond acceptors (Lipinski definition) is 9. The number of anilines is 1. The van der Waals surface area contributed by atoms with Crippen LogP contribution in [-0.4, -0.2) is 51.4 Å². The van der Waals surface area contributed by atoms with Crippen molar-refractivity contribution in [1.82, 2.24) is 9.55 Å². The van der Waals surface area contributed by atoms with Crippen molar-refractivity contribution in [1.29, 1.82) is 0 Å². The van der Waals surface area contributed by atoms with Crippen molar-refractivity contribution in [2.45, 2.75) is 57.0 Å². The topological polar surface area (TPSA) is 121 Å². The average molecular weight is 367 g/mol. The summed E-state index contributed by atoms with van der Waals surface area (Å²) in [7, 11) is 0. The summed E-state index contributed by atoms with van der Waals surface area (Å²) in [5, 5.41) is 8.87. The summed E-state index contributed by atoms with van der Waals surface area (Å²) in [6, 6.07) is 1.43. The Hall–Kier alpha value is -2.01. The molecular weight excluding hydrogens is 346 g/mol. The van der Waals surface area contributed by atoms with E-state index in [0.29, 0.717) is 0 Å². The highest BCUT2D eigenvalue weighted by Crippen LogP contribution is 2.43. The van der Waals surface area contributed by atoms with Crippen molar-refractivity contribution in [2.24, 2.45) is 5.92 Å². The SMILES string of the molecule is CC1(C)O[C@@H]2[C@H](O1)[C@@H](COC(=O)C1CC1)O[C@H]2n1ccc(NO)nc1=O. The van der Waals surface area contributed by atoms with Crippen LogP contribution in [0.4, 0.5) is 5.82 Å². The second kappa shape index (κ2) is 6.31. The second-order valence-electron chi connectivity index (χ2n) is 7.15. The Morgan fingerprint density at radius 2 is 2.15 bits per heavy atom. The Bertz CT molecular complexity index is 760. The smallest absolute Gasteiger partial charge is 0.351 e. The van der Waals surface area contributed by atoms with E-state index in [1.54, 1.807) is 13.8 Å². The predicted molar refractivity (Wildman–Crippen MR) is 85.3 cm³/mol. The van der Waals surface area contributed by atoms with Crippen molar-refractivity contribution in [3.05, 3.63) is 22.7 Å². The molecule has 4 rings (SSSR count). The molecule has 142 valence electrons. The van der Waals surface area contributed by atoms with Gasteiger partial charge in [0, 0.05) is 6.20 Å². The van der Waals surface area contributed by atoms with Crippen LogP contribution in [0.15, 0.2) is 17.1 Å². The summed E-state index contributed by atoms with van der Waals surface area (Å²) in [6.45, 7) is 3.58. The normalized spacial score (nSPS) is 32.3. The zero-order valence-electron chi connectivity index (χ0n) is 14.5. The minimum Gasteiger partial charge on any atom is -0.463 e. The van der Waals surface area contributed by atoms with Crippen LogP contribution in [0.2, 0.25) is 0 Å². The summed E-state index contributed by atoms with van der Waals surface area (Å²) < 4.78 is 24.3. The molecule has 2 aliphatic heterocycles. The van der Waals surface area contributed by atoms with Gasteiger partial charge in [-0.1, -0.05) is 0 Å². The fraction of sp³-hybridized carbons (Fsp3) is 0.688. The highest BCUT2D eigenvalue weighted by atomic mass is 16.8. The molecule has 0 unspecified atom stereocenters. The number of hydrogen-bond donors (Lipinski definition) is 2. The third kappa shape index (κ3) is 3.20. The molecule has 0 amide bonds. The highest BCUT2D eigenvalue weighted by molar-refractivity contribution is 5.74. The van der Waals surface area contributed by atoms with Gasteiger partial charge in [0.25, 0.3) is 0 Å². The van der Waals surface area contributed by atoms with Gasteiger partial charge in [0.1, 0.15) is 24.9 Å². The number of carbonyl (C=O) groups excluding carboxylic acids is 1. The first-order valence-electron chi connectivity index (χ1n) is 8.55. The number of fused-ring (bicyclic) bond motifs is 1. The summed E-state index contributed by atoms with van der Waals surface area (Å²) in [6.07, 6.45) is 0.793. The predicted octanol–water partition coefficient (Wildman–Crippen LogP) is 0.415. The maximum Gasteiger partial charge on any atom is 0.351 e. The number of ether oxygens (including phenoxy) is 4. The summed E-state index contributed by atoms with van der Waals surface area (Å²) in [5.74, 6) is -1.06. The minimum absolute atomic E-state index is 0.00877. The van der Waals surface area contributed by atoms with Gasteiger partial charge in [-0.2, -0.15) is 4.98 Å². The van der Waals surface area contributed by atoms with E-state index in [1.165, 1.54) is 16.8 Å². The van der Waals surface area contributed by atoms with E-state index in [2.05, 4.69) is 4.98 Å². The van der Waals surface area contributed by atoms with Crippen LogP contribution in [0, 0.1) is 5.92 Å². The molecule has 0 aromatic carbocycles. The molecule has 26 heavy (non-hydrogen) atoms. The lowest BCUT2D eigenvalue weighted by molar-refractivity contribution is -0.203. The summed E-state index contributed by atoms with van der Waals surface area (Å²) in [4.78, 5) is 27.8. The first-order chi connectivity index (χ1) is 12.4. The van der Waals surface area contributed by atoms with E-state index >= 15 is 0 Å².